The minimum Gasteiger partial charge on any atom is -0.492 e. The molecule has 1 atom stereocenters. The van der Waals surface area contributed by atoms with Crippen LogP contribution < -0.4 is 4.74 Å². The molecular weight excluding hydrogens is 264 g/mol. The summed E-state index contributed by atoms with van der Waals surface area (Å²) in [6.45, 7) is 5.20. The predicted molar refractivity (Wildman–Crippen MR) is 85.8 cm³/mol. The largest absolute Gasteiger partial charge is 0.492 e. The molecule has 1 nitrogen and oxygen atoms in total. The highest BCUT2D eigenvalue weighted by molar-refractivity contribution is 8.00. The van der Waals surface area contributed by atoms with Crippen molar-refractivity contribution in [2.45, 2.75) is 36.3 Å². The average molecular weight is 284 g/mol. The van der Waals surface area contributed by atoms with Gasteiger partial charge in [-0.25, -0.2) is 0 Å². The molecule has 2 heteroatoms. The first-order valence-electron chi connectivity index (χ1n) is 7.19. The Bertz CT molecular complexity index is 566. The van der Waals surface area contributed by atoms with Crippen LogP contribution in [-0.2, 0) is 6.42 Å². The van der Waals surface area contributed by atoms with Gasteiger partial charge in [-0.15, -0.1) is 11.8 Å². The zero-order chi connectivity index (χ0) is 13.9. The highest BCUT2D eigenvalue weighted by atomic mass is 32.2. The Balaban J connectivity index is 1.60. The lowest BCUT2D eigenvalue weighted by molar-refractivity contribution is 0.317. The van der Waals surface area contributed by atoms with E-state index < -0.39 is 0 Å². The zero-order valence-electron chi connectivity index (χ0n) is 12.0. The van der Waals surface area contributed by atoms with E-state index >= 15 is 0 Å². The van der Waals surface area contributed by atoms with Crippen LogP contribution >= 0.6 is 11.8 Å². The first-order chi connectivity index (χ1) is 9.72. The number of benzene rings is 2. The zero-order valence-corrected chi connectivity index (χ0v) is 12.8. The highest BCUT2D eigenvalue weighted by Gasteiger charge is 2.22. The van der Waals surface area contributed by atoms with Gasteiger partial charge in [0.2, 0.25) is 0 Å². The van der Waals surface area contributed by atoms with Gasteiger partial charge in [0.05, 0.1) is 0 Å². The summed E-state index contributed by atoms with van der Waals surface area (Å²) in [5.41, 5.74) is 2.80. The van der Waals surface area contributed by atoms with Crippen molar-refractivity contribution >= 4 is 11.8 Å². The van der Waals surface area contributed by atoms with Crippen LogP contribution in [-0.4, -0.2) is 11.9 Å². The van der Waals surface area contributed by atoms with Crippen LogP contribution in [0.3, 0.4) is 0 Å². The average Bonchev–Trinajstić information content (AvgIpc) is 2.88. The molecule has 104 valence electrons. The summed E-state index contributed by atoms with van der Waals surface area (Å²) in [7, 11) is 0. The molecule has 0 saturated heterocycles. The van der Waals surface area contributed by atoms with Crippen molar-refractivity contribution in [2.75, 3.05) is 6.61 Å². The number of fused-ring (bicyclic) bond motifs is 1. The third-order valence-corrected chi connectivity index (χ3v) is 4.96. The third kappa shape index (κ3) is 3.01. The van der Waals surface area contributed by atoms with Crippen LogP contribution in [0.2, 0.25) is 0 Å². The maximum atomic E-state index is 5.99. The molecule has 0 radical (unpaired) electrons. The number of hydrogen-bond acceptors (Lipinski definition) is 2. The summed E-state index contributed by atoms with van der Waals surface area (Å²) >= 11 is 1.94. The van der Waals surface area contributed by atoms with Gasteiger partial charge in [-0.1, -0.05) is 44.2 Å². The van der Waals surface area contributed by atoms with Crippen molar-refractivity contribution in [3.05, 3.63) is 59.7 Å². The van der Waals surface area contributed by atoms with Gasteiger partial charge in [-0.2, -0.15) is 0 Å². The number of rotatable bonds is 4. The first kappa shape index (κ1) is 13.6. The molecule has 1 unspecified atom stereocenters. The van der Waals surface area contributed by atoms with Gasteiger partial charge in [0.1, 0.15) is 12.4 Å². The monoisotopic (exact) mass is 284 g/mol. The first-order valence-corrected chi connectivity index (χ1v) is 8.07. The third-order valence-electron chi connectivity index (χ3n) is 3.67. The van der Waals surface area contributed by atoms with Crippen LogP contribution in [0.4, 0.5) is 0 Å². The maximum Gasteiger partial charge on any atom is 0.119 e. The Kier molecular flexibility index (Phi) is 4.02. The Hall–Kier alpha value is -1.41. The summed E-state index contributed by atoms with van der Waals surface area (Å²) in [6.07, 6.45) is 1.12. The fraction of sp³-hybridized carbons (Fsp3) is 0.333. The van der Waals surface area contributed by atoms with Gasteiger partial charge in [-0.05, 0) is 41.7 Å². The van der Waals surface area contributed by atoms with Crippen molar-refractivity contribution in [3.8, 4) is 5.75 Å². The van der Waals surface area contributed by atoms with E-state index in [-0.39, 0.29) is 0 Å². The molecule has 0 saturated carbocycles. The smallest absolute Gasteiger partial charge is 0.119 e. The molecule has 2 aromatic carbocycles. The minimum absolute atomic E-state index is 0.537. The number of ether oxygens (including phenoxy) is 1. The van der Waals surface area contributed by atoms with E-state index in [0.29, 0.717) is 11.2 Å². The lowest BCUT2D eigenvalue weighted by atomic mass is 10.0. The molecule has 20 heavy (non-hydrogen) atoms. The standard InChI is InChI=1S/C18H20OS/c1-13(2)14-7-5-8-16(10-14)19-12-17-11-15-6-3-4-9-18(15)20-17/h3-10,13,17H,11-12H2,1-2H3. The maximum absolute atomic E-state index is 5.99. The van der Waals surface area contributed by atoms with E-state index in [9.17, 15) is 0 Å². The van der Waals surface area contributed by atoms with Gasteiger partial charge >= 0.3 is 0 Å². The molecule has 2 aromatic rings. The lowest BCUT2D eigenvalue weighted by Crippen LogP contribution is -2.13. The van der Waals surface area contributed by atoms with E-state index in [2.05, 4.69) is 62.4 Å². The van der Waals surface area contributed by atoms with Gasteiger partial charge in [0.15, 0.2) is 0 Å². The number of hydrogen-bond donors (Lipinski definition) is 0. The SMILES string of the molecule is CC(C)c1cccc(OCC2Cc3ccccc3S2)c1. The molecule has 3 rings (SSSR count). The molecule has 0 bridgehead atoms. The number of thioether (sulfide) groups is 1. The summed E-state index contributed by atoms with van der Waals surface area (Å²) in [5.74, 6) is 1.54. The molecule has 1 heterocycles. The molecule has 0 fully saturated rings. The second kappa shape index (κ2) is 5.92. The Morgan fingerprint density at radius 3 is 2.80 bits per heavy atom. The summed E-state index contributed by atoms with van der Waals surface area (Å²) in [4.78, 5) is 1.41. The summed E-state index contributed by atoms with van der Waals surface area (Å²) in [5, 5.41) is 0.537. The van der Waals surface area contributed by atoms with Crippen LogP contribution in [0.15, 0.2) is 53.4 Å². The molecule has 1 aliphatic heterocycles. The molecular formula is C18H20OS. The fourth-order valence-electron chi connectivity index (χ4n) is 2.50. The molecule has 0 N–H and O–H groups in total. The van der Waals surface area contributed by atoms with Crippen molar-refractivity contribution in [1.29, 1.82) is 0 Å². The molecule has 0 aromatic heterocycles. The summed E-state index contributed by atoms with van der Waals surface area (Å²) < 4.78 is 5.99. The Morgan fingerprint density at radius 1 is 1.15 bits per heavy atom. The normalized spacial score (nSPS) is 17.2. The Morgan fingerprint density at radius 2 is 2.00 bits per heavy atom. The van der Waals surface area contributed by atoms with Crippen LogP contribution in [0.5, 0.6) is 5.75 Å². The van der Waals surface area contributed by atoms with Crippen molar-refractivity contribution in [3.63, 3.8) is 0 Å². The van der Waals surface area contributed by atoms with E-state index in [1.165, 1.54) is 16.0 Å². The predicted octanol–water partition coefficient (Wildman–Crippen LogP) is 4.91. The van der Waals surface area contributed by atoms with E-state index in [4.69, 9.17) is 4.74 Å². The van der Waals surface area contributed by atoms with E-state index in [1.54, 1.807) is 0 Å². The van der Waals surface area contributed by atoms with Crippen LogP contribution in [0.1, 0.15) is 30.9 Å². The van der Waals surface area contributed by atoms with Crippen LogP contribution in [0, 0.1) is 0 Å². The van der Waals surface area contributed by atoms with Crippen molar-refractivity contribution in [1.82, 2.24) is 0 Å². The topological polar surface area (TPSA) is 9.23 Å². The lowest BCUT2D eigenvalue weighted by Gasteiger charge is -2.13. The quantitative estimate of drug-likeness (QED) is 0.789. The second-order valence-electron chi connectivity index (χ2n) is 5.59. The molecule has 0 amide bonds. The molecule has 1 aliphatic rings. The van der Waals surface area contributed by atoms with Gasteiger partial charge in [0.25, 0.3) is 0 Å². The van der Waals surface area contributed by atoms with Gasteiger partial charge in [-0.3, -0.25) is 0 Å². The molecule has 0 aliphatic carbocycles. The molecule has 0 spiro atoms. The van der Waals surface area contributed by atoms with Crippen molar-refractivity contribution < 1.29 is 4.74 Å². The van der Waals surface area contributed by atoms with Crippen molar-refractivity contribution in [2.24, 2.45) is 0 Å². The minimum atomic E-state index is 0.537. The van der Waals surface area contributed by atoms with Gasteiger partial charge in [0, 0.05) is 10.1 Å². The van der Waals surface area contributed by atoms with Gasteiger partial charge < -0.3 is 4.74 Å². The highest BCUT2D eigenvalue weighted by Crippen LogP contribution is 2.37. The van der Waals surface area contributed by atoms with E-state index in [0.717, 1.165) is 18.8 Å². The fourth-order valence-corrected chi connectivity index (χ4v) is 3.72. The Labute approximate surface area is 125 Å². The van der Waals surface area contributed by atoms with Crippen LogP contribution in [0.25, 0.3) is 0 Å². The summed E-state index contributed by atoms with van der Waals surface area (Å²) in [6, 6.07) is 17.1. The van der Waals surface area contributed by atoms with E-state index in [1.807, 2.05) is 11.8 Å². The second-order valence-corrected chi connectivity index (χ2v) is 6.93.